The number of amides is 4. The van der Waals surface area contributed by atoms with E-state index in [9.17, 15) is 19.5 Å². The molecule has 10 nitrogen and oxygen atoms in total. The molecule has 3 atom stereocenters. The number of aliphatic hydroxyl groups excluding tert-OH is 1. The largest absolute Gasteiger partial charge is 0.487 e. The molecule has 4 amide bonds. The Hall–Kier alpha value is -3.66. The molecule has 0 aliphatic carbocycles. The molecule has 10 heteroatoms. The first kappa shape index (κ1) is 26.9. The van der Waals surface area contributed by atoms with Crippen LogP contribution in [-0.4, -0.2) is 82.7 Å². The van der Waals surface area contributed by atoms with Crippen LogP contribution in [0.3, 0.4) is 0 Å². The van der Waals surface area contributed by atoms with Crippen molar-refractivity contribution in [1.82, 2.24) is 20.1 Å². The molecule has 1 aliphatic heterocycles. The third-order valence-electron chi connectivity index (χ3n) is 6.08. The summed E-state index contributed by atoms with van der Waals surface area (Å²) in [7, 11) is 1.70. The Morgan fingerprint density at radius 1 is 1.22 bits per heavy atom. The van der Waals surface area contributed by atoms with E-state index in [2.05, 4.69) is 15.6 Å². The summed E-state index contributed by atoms with van der Waals surface area (Å²) in [5, 5.41) is 15.5. The summed E-state index contributed by atoms with van der Waals surface area (Å²) in [5.41, 5.74) is 1.14. The van der Waals surface area contributed by atoms with Gasteiger partial charge in [-0.3, -0.25) is 14.6 Å². The normalized spacial score (nSPS) is 18.4. The molecule has 3 N–H and O–H groups in total. The molecule has 36 heavy (non-hydrogen) atoms. The molecule has 1 aromatic heterocycles. The lowest BCUT2D eigenvalue weighted by Gasteiger charge is -2.38. The summed E-state index contributed by atoms with van der Waals surface area (Å²) in [6.07, 6.45) is 2.65. The predicted molar refractivity (Wildman–Crippen MR) is 136 cm³/mol. The minimum Gasteiger partial charge on any atom is -0.487 e. The van der Waals surface area contributed by atoms with Gasteiger partial charge < -0.3 is 30.3 Å². The maximum absolute atomic E-state index is 13.5. The number of hydrogen-bond donors (Lipinski definition) is 3. The van der Waals surface area contributed by atoms with Gasteiger partial charge in [0.15, 0.2) is 0 Å². The number of anilines is 1. The second-order valence-electron chi connectivity index (χ2n) is 9.51. The minimum atomic E-state index is -0.427. The number of likely N-dealkylation sites (N-methyl/N-ethyl adjacent to an activating group) is 1. The van der Waals surface area contributed by atoms with Crippen molar-refractivity contribution < 1.29 is 24.2 Å². The number of nitrogens with zero attached hydrogens (tertiary/aromatic N) is 3. The number of fused-ring (bicyclic) bond motifs is 1. The van der Waals surface area contributed by atoms with E-state index in [0.29, 0.717) is 30.1 Å². The average molecular weight is 498 g/mol. The second kappa shape index (κ2) is 11.9. The van der Waals surface area contributed by atoms with Crippen molar-refractivity contribution in [2.75, 3.05) is 32.1 Å². The first-order valence-electron chi connectivity index (χ1n) is 12.1. The fraction of sp³-hybridized carbons (Fsp3) is 0.462. The van der Waals surface area contributed by atoms with Crippen molar-refractivity contribution in [3.63, 3.8) is 0 Å². The third-order valence-corrected chi connectivity index (χ3v) is 6.08. The Kier molecular flexibility index (Phi) is 8.87. The van der Waals surface area contributed by atoms with E-state index < -0.39 is 12.1 Å². The molecule has 3 rings (SSSR count). The summed E-state index contributed by atoms with van der Waals surface area (Å²) in [6, 6.07) is 7.45. The monoisotopic (exact) mass is 497 g/mol. The van der Waals surface area contributed by atoms with Crippen LogP contribution in [-0.2, 0) is 0 Å². The van der Waals surface area contributed by atoms with E-state index >= 15 is 0 Å². The Morgan fingerprint density at radius 3 is 2.56 bits per heavy atom. The van der Waals surface area contributed by atoms with Crippen LogP contribution in [0.1, 0.15) is 48.4 Å². The van der Waals surface area contributed by atoms with Gasteiger partial charge >= 0.3 is 6.03 Å². The Bertz CT molecular complexity index is 1080. The highest BCUT2D eigenvalue weighted by atomic mass is 16.5. The van der Waals surface area contributed by atoms with Gasteiger partial charge in [-0.25, -0.2) is 4.79 Å². The van der Waals surface area contributed by atoms with Crippen molar-refractivity contribution >= 4 is 23.5 Å². The summed E-state index contributed by atoms with van der Waals surface area (Å²) < 4.78 is 6.30. The minimum absolute atomic E-state index is 0.00403. The number of carbonyl (C=O) groups excluding carboxylic acids is 3. The number of urea groups is 1. The highest BCUT2D eigenvalue weighted by Gasteiger charge is 2.34. The lowest BCUT2D eigenvalue weighted by molar-refractivity contribution is 0.0366. The molecule has 0 saturated carbocycles. The summed E-state index contributed by atoms with van der Waals surface area (Å²) in [6.45, 7) is 7.95. The molecule has 0 radical (unpaired) electrons. The number of hydrogen-bond acceptors (Lipinski definition) is 6. The first-order valence-corrected chi connectivity index (χ1v) is 12.1. The Balaban J connectivity index is 1.92. The Morgan fingerprint density at radius 2 is 1.92 bits per heavy atom. The first-order chi connectivity index (χ1) is 17.1. The summed E-state index contributed by atoms with van der Waals surface area (Å²) in [4.78, 5) is 45.7. The Labute approximate surface area is 211 Å². The number of ether oxygens (including phenoxy) is 1. The van der Waals surface area contributed by atoms with Gasteiger partial charge in [0.05, 0.1) is 24.8 Å². The van der Waals surface area contributed by atoms with Crippen LogP contribution < -0.4 is 15.4 Å². The van der Waals surface area contributed by atoms with E-state index in [-0.39, 0.29) is 42.0 Å². The van der Waals surface area contributed by atoms with Gasteiger partial charge in [0.1, 0.15) is 11.9 Å². The quantitative estimate of drug-likeness (QED) is 0.540. The number of carbonyl (C=O) groups is 3. The highest BCUT2D eigenvalue weighted by molar-refractivity contribution is 6.05. The molecule has 0 saturated heterocycles. The van der Waals surface area contributed by atoms with Crippen LogP contribution in [0, 0.1) is 5.92 Å². The van der Waals surface area contributed by atoms with Gasteiger partial charge in [0.25, 0.3) is 11.8 Å². The van der Waals surface area contributed by atoms with Crippen molar-refractivity contribution in [3.05, 3.63) is 53.9 Å². The number of rotatable bonds is 7. The van der Waals surface area contributed by atoms with E-state index in [1.807, 2.05) is 20.8 Å². The standard InChI is InChI=1S/C26H35N5O5/c1-16(2)28-26(35)30(5)14-23-17(3)13-31(18(4)15-32)25(34)21-12-20(6-7-22(21)36-23)29-24(33)19-8-10-27-11-9-19/h6-12,16-18,23,32H,13-15H2,1-5H3,(H,28,35)(H,29,33)/t17-,18-,23+/m1/s1. The lowest BCUT2D eigenvalue weighted by atomic mass is 9.99. The molecule has 0 spiro atoms. The maximum Gasteiger partial charge on any atom is 0.317 e. The van der Waals surface area contributed by atoms with Crippen molar-refractivity contribution in [2.45, 2.75) is 45.9 Å². The van der Waals surface area contributed by atoms with Gasteiger partial charge in [-0.05, 0) is 51.1 Å². The van der Waals surface area contributed by atoms with E-state index in [4.69, 9.17) is 4.74 Å². The van der Waals surface area contributed by atoms with Crippen LogP contribution in [0.25, 0.3) is 0 Å². The van der Waals surface area contributed by atoms with Gasteiger partial charge in [0.2, 0.25) is 0 Å². The molecular formula is C26H35N5O5. The van der Waals surface area contributed by atoms with Gasteiger partial charge in [0, 0.05) is 49.2 Å². The lowest BCUT2D eigenvalue weighted by Crippen LogP contribution is -2.51. The molecule has 1 aromatic carbocycles. The molecular weight excluding hydrogens is 462 g/mol. The van der Waals surface area contributed by atoms with Crippen molar-refractivity contribution in [1.29, 1.82) is 0 Å². The zero-order valence-corrected chi connectivity index (χ0v) is 21.4. The van der Waals surface area contributed by atoms with Crippen LogP contribution in [0.4, 0.5) is 10.5 Å². The number of pyridine rings is 1. The third kappa shape index (κ3) is 6.51. The van der Waals surface area contributed by atoms with E-state index in [0.717, 1.165) is 0 Å². The SMILES string of the molecule is CC(C)NC(=O)N(C)C[C@@H]1Oc2ccc(NC(=O)c3ccncc3)cc2C(=O)N([C@H](C)CO)C[C@H]1C. The molecule has 0 bridgehead atoms. The second-order valence-corrected chi connectivity index (χ2v) is 9.51. The van der Waals surface area contributed by atoms with Crippen LogP contribution in [0.2, 0.25) is 0 Å². The number of benzene rings is 1. The smallest absolute Gasteiger partial charge is 0.317 e. The molecule has 1 aliphatic rings. The summed E-state index contributed by atoms with van der Waals surface area (Å²) >= 11 is 0. The average Bonchev–Trinajstić information content (AvgIpc) is 2.86. The van der Waals surface area contributed by atoms with Crippen LogP contribution in [0.15, 0.2) is 42.7 Å². The predicted octanol–water partition coefficient (Wildman–Crippen LogP) is 2.60. The molecule has 0 unspecified atom stereocenters. The van der Waals surface area contributed by atoms with Crippen molar-refractivity contribution in [2.24, 2.45) is 5.92 Å². The fourth-order valence-corrected chi connectivity index (χ4v) is 3.93. The van der Waals surface area contributed by atoms with Gasteiger partial charge in [-0.15, -0.1) is 0 Å². The van der Waals surface area contributed by atoms with Gasteiger partial charge in [-0.1, -0.05) is 6.92 Å². The molecule has 2 heterocycles. The number of aliphatic hydroxyl groups is 1. The van der Waals surface area contributed by atoms with E-state index in [1.165, 1.54) is 12.4 Å². The van der Waals surface area contributed by atoms with Crippen LogP contribution >= 0.6 is 0 Å². The summed E-state index contributed by atoms with van der Waals surface area (Å²) in [5.74, 6) is -0.410. The molecule has 2 aromatic rings. The topological polar surface area (TPSA) is 124 Å². The van der Waals surface area contributed by atoms with Crippen LogP contribution in [0.5, 0.6) is 5.75 Å². The fourth-order valence-electron chi connectivity index (χ4n) is 3.93. The maximum atomic E-state index is 13.5. The molecule has 0 fully saturated rings. The number of aromatic nitrogens is 1. The van der Waals surface area contributed by atoms with Crippen molar-refractivity contribution in [3.8, 4) is 5.75 Å². The van der Waals surface area contributed by atoms with Gasteiger partial charge in [-0.2, -0.15) is 0 Å². The van der Waals surface area contributed by atoms with E-state index in [1.54, 1.807) is 54.1 Å². The number of nitrogens with one attached hydrogen (secondary N) is 2. The highest BCUT2D eigenvalue weighted by Crippen LogP contribution is 2.31. The molecule has 194 valence electrons. The zero-order chi connectivity index (χ0) is 26.4. The zero-order valence-electron chi connectivity index (χ0n) is 21.4.